The first-order valence-corrected chi connectivity index (χ1v) is 7.34. The molecule has 110 valence electrons. The number of anilines is 1. The van der Waals surface area contributed by atoms with Gasteiger partial charge in [0, 0.05) is 17.3 Å². The minimum atomic E-state index is -0.387. The predicted octanol–water partition coefficient (Wildman–Crippen LogP) is 2.85. The number of aryl methyl sites for hydroxylation is 1. The SMILES string of the molecule is CCCNC(=O)[C@H](C)NC(=S)Nc1ccc(C)c(Cl)c1. The summed E-state index contributed by atoms with van der Waals surface area (Å²) in [5.74, 6) is -0.0714. The van der Waals surface area contributed by atoms with E-state index in [1.54, 1.807) is 13.0 Å². The van der Waals surface area contributed by atoms with E-state index in [0.29, 0.717) is 16.7 Å². The van der Waals surface area contributed by atoms with Crippen molar-refractivity contribution in [3.8, 4) is 0 Å². The third-order valence-corrected chi connectivity index (χ3v) is 3.35. The smallest absolute Gasteiger partial charge is 0.242 e. The van der Waals surface area contributed by atoms with Crippen LogP contribution in [0.2, 0.25) is 5.02 Å². The standard InChI is InChI=1S/C14H20ClN3OS/c1-4-7-16-13(19)10(3)17-14(20)18-11-6-5-9(2)12(15)8-11/h5-6,8,10H,4,7H2,1-3H3,(H,16,19)(H2,17,18,20)/t10-/m0/s1. The van der Waals surface area contributed by atoms with E-state index in [0.717, 1.165) is 17.7 Å². The van der Waals surface area contributed by atoms with Gasteiger partial charge in [-0.25, -0.2) is 0 Å². The highest BCUT2D eigenvalue weighted by atomic mass is 35.5. The summed E-state index contributed by atoms with van der Waals surface area (Å²) >= 11 is 11.2. The monoisotopic (exact) mass is 313 g/mol. The van der Waals surface area contributed by atoms with Gasteiger partial charge in [0.25, 0.3) is 0 Å². The Balaban J connectivity index is 2.50. The Kier molecular flexibility index (Phi) is 6.75. The van der Waals surface area contributed by atoms with Gasteiger partial charge in [-0.3, -0.25) is 4.79 Å². The van der Waals surface area contributed by atoms with Crippen LogP contribution in [-0.2, 0) is 4.79 Å². The maximum Gasteiger partial charge on any atom is 0.242 e. The number of hydrogen-bond acceptors (Lipinski definition) is 2. The fourth-order valence-electron chi connectivity index (χ4n) is 1.50. The lowest BCUT2D eigenvalue weighted by Gasteiger charge is -2.17. The molecule has 0 aliphatic carbocycles. The van der Waals surface area contributed by atoms with Crippen LogP contribution in [-0.4, -0.2) is 23.6 Å². The van der Waals surface area contributed by atoms with Crippen molar-refractivity contribution in [3.05, 3.63) is 28.8 Å². The Labute approximate surface area is 130 Å². The molecule has 0 aliphatic rings. The molecule has 6 heteroatoms. The Morgan fingerprint density at radius 2 is 2.15 bits per heavy atom. The molecule has 4 nitrogen and oxygen atoms in total. The summed E-state index contributed by atoms with van der Waals surface area (Å²) in [5, 5.41) is 9.82. The van der Waals surface area contributed by atoms with Crippen LogP contribution >= 0.6 is 23.8 Å². The van der Waals surface area contributed by atoms with E-state index < -0.39 is 0 Å². The van der Waals surface area contributed by atoms with Crippen molar-refractivity contribution >= 4 is 40.5 Å². The number of carbonyl (C=O) groups excluding carboxylic acids is 1. The zero-order valence-electron chi connectivity index (χ0n) is 11.9. The summed E-state index contributed by atoms with van der Waals surface area (Å²) < 4.78 is 0. The number of benzene rings is 1. The zero-order valence-corrected chi connectivity index (χ0v) is 13.5. The molecular formula is C14H20ClN3OS. The van der Waals surface area contributed by atoms with Crippen LogP contribution in [0.15, 0.2) is 18.2 Å². The lowest BCUT2D eigenvalue weighted by molar-refractivity contribution is -0.122. The molecule has 0 saturated heterocycles. The van der Waals surface area contributed by atoms with Crippen LogP contribution in [0.1, 0.15) is 25.8 Å². The Bertz CT molecular complexity index is 493. The van der Waals surface area contributed by atoms with E-state index in [4.69, 9.17) is 23.8 Å². The third kappa shape index (κ3) is 5.35. The topological polar surface area (TPSA) is 53.2 Å². The molecule has 3 N–H and O–H groups in total. The van der Waals surface area contributed by atoms with Gasteiger partial charge in [-0.2, -0.15) is 0 Å². The van der Waals surface area contributed by atoms with Gasteiger partial charge in [-0.1, -0.05) is 24.6 Å². The van der Waals surface area contributed by atoms with E-state index in [2.05, 4.69) is 16.0 Å². The second-order valence-electron chi connectivity index (χ2n) is 4.58. The predicted molar refractivity (Wildman–Crippen MR) is 88.3 cm³/mol. The molecular weight excluding hydrogens is 294 g/mol. The summed E-state index contributed by atoms with van der Waals surface area (Å²) in [5.41, 5.74) is 1.79. The van der Waals surface area contributed by atoms with Gasteiger partial charge in [-0.05, 0) is 50.2 Å². The molecule has 0 saturated carbocycles. The van der Waals surface area contributed by atoms with Crippen LogP contribution in [0.25, 0.3) is 0 Å². The molecule has 0 heterocycles. The average Bonchev–Trinajstić information content (AvgIpc) is 2.40. The van der Waals surface area contributed by atoms with Crippen molar-refractivity contribution in [3.63, 3.8) is 0 Å². The van der Waals surface area contributed by atoms with E-state index in [1.807, 2.05) is 26.0 Å². The van der Waals surface area contributed by atoms with Crippen LogP contribution < -0.4 is 16.0 Å². The molecule has 1 aromatic carbocycles. The number of rotatable bonds is 5. The summed E-state index contributed by atoms with van der Waals surface area (Å²) in [4.78, 5) is 11.7. The molecule has 0 aromatic heterocycles. The van der Waals surface area contributed by atoms with E-state index >= 15 is 0 Å². The third-order valence-electron chi connectivity index (χ3n) is 2.72. The van der Waals surface area contributed by atoms with Crippen molar-refractivity contribution in [2.45, 2.75) is 33.2 Å². The fourth-order valence-corrected chi connectivity index (χ4v) is 1.98. The highest BCUT2D eigenvalue weighted by Crippen LogP contribution is 2.19. The summed E-state index contributed by atoms with van der Waals surface area (Å²) in [6, 6.07) is 5.21. The lowest BCUT2D eigenvalue weighted by Crippen LogP contribution is -2.46. The second kappa shape index (κ2) is 8.07. The van der Waals surface area contributed by atoms with Gasteiger partial charge in [0.05, 0.1) is 0 Å². The molecule has 0 fully saturated rings. The van der Waals surface area contributed by atoms with Crippen molar-refractivity contribution in [1.29, 1.82) is 0 Å². The van der Waals surface area contributed by atoms with Crippen molar-refractivity contribution in [2.75, 3.05) is 11.9 Å². The highest BCUT2D eigenvalue weighted by molar-refractivity contribution is 7.80. The highest BCUT2D eigenvalue weighted by Gasteiger charge is 2.12. The number of thiocarbonyl (C=S) groups is 1. The molecule has 0 aliphatic heterocycles. The Morgan fingerprint density at radius 3 is 2.75 bits per heavy atom. The number of nitrogens with one attached hydrogen (secondary N) is 3. The molecule has 1 rings (SSSR count). The first-order valence-electron chi connectivity index (χ1n) is 6.55. The first kappa shape index (κ1) is 16.7. The summed E-state index contributed by atoms with van der Waals surface area (Å²) in [7, 11) is 0. The largest absolute Gasteiger partial charge is 0.354 e. The first-order chi connectivity index (χ1) is 9.43. The van der Waals surface area contributed by atoms with Gasteiger partial charge < -0.3 is 16.0 Å². The number of hydrogen-bond donors (Lipinski definition) is 3. The van der Waals surface area contributed by atoms with Crippen LogP contribution in [0.4, 0.5) is 5.69 Å². The van der Waals surface area contributed by atoms with E-state index in [1.165, 1.54) is 0 Å². The Morgan fingerprint density at radius 1 is 1.45 bits per heavy atom. The van der Waals surface area contributed by atoms with Gasteiger partial charge in [0.2, 0.25) is 5.91 Å². The quantitative estimate of drug-likeness (QED) is 0.732. The van der Waals surface area contributed by atoms with E-state index in [-0.39, 0.29) is 11.9 Å². The Hall–Kier alpha value is -1.33. The van der Waals surface area contributed by atoms with E-state index in [9.17, 15) is 4.79 Å². The van der Waals surface area contributed by atoms with Crippen molar-refractivity contribution < 1.29 is 4.79 Å². The molecule has 1 aromatic rings. The summed E-state index contributed by atoms with van der Waals surface area (Å²) in [6.07, 6.45) is 0.906. The van der Waals surface area contributed by atoms with Crippen LogP contribution in [0.5, 0.6) is 0 Å². The number of carbonyl (C=O) groups is 1. The molecule has 20 heavy (non-hydrogen) atoms. The van der Waals surface area contributed by atoms with Gasteiger partial charge in [-0.15, -0.1) is 0 Å². The molecule has 0 spiro atoms. The molecule has 0 radical (unpaired) electrons. The van der Waals surface area contributed by atoms with Crippen LogP contribution in [0.3, 0.4) is 0 Å². The fraction of sp³-hybridized carbons (Fsp3) is 0.429. The molecule has 1 atom stereocenters. The average molecular weight is 314 g/mol. The van der Waals surface area contributed by atoms with Gasteiger partial charge in [0.1, 0.15) is 6.04 Å². The van der Waals surface area contributed by atoms with Gasteiger partial charge in [0.15, 0.2) is 5.11 Å². The van der Waals surface area contributed by atoms with Gasteiger partial charge >= 0.3 is 0 Å². The van der Waals surface area contributed by atoms with Crippen LogP contribution in [0, 0.1) is 6.92 Å². The van der Waals surface area contributed by atoms with Crippen molar-refractivity contribution in [1.82, 2.24) is 10.6 Å². The number of halogens is 1. The lowest BCUT2D eigenvalue weighted by atomic mass is 10.2. The minimum absolute atomic E-state index is 0.0714. The normalized spacial score (nSPS) is 11.6. The molecule has 1 amide bonds. The maximum absolute atomic E-state index is 11.7. The second-order valence-corrected chi connectivity index (χ2v) is 5.39. The minimum Gasteiger partial charge on any atom is -0.354 e. The van der Waals surface area contributed by atoms with Crippen molar-refractivity contribution in [2.24, 2.45) is 0 Å². The summed E-state index contributed by atoms with van der Waals surface area (Å²) in [6.45, 7) is 6.37. The zero-order chi connectivity index (χ0) is 15.1. The number of amides is 1. The maximum atomic E-state index is 11.7. The molecule has 0 bridgehead atoms. The molecule has 0 unspecified atom stereocenters.